The first-order chi connectivity index (χ1) is 24.3. The third-order valence-corrected chi connectivity index (χ3v) is 9.40. The minimum Gasteiger partial charge on any atom is -0.508 e. The first-order valence-electron chi connectivity index (χ1n) is 16.0. The smallest absolute Gasteiger partial charge is 0.266 e. The highest BCUT2D eigenvalue weighted by Gasteiger charge is 2.50. The molecule has 1 aliphatic heterocycles. The average molecular weight is 709 g/mol. The number of hydroxylamine groups is 1. The molecule has 8 N–H and O–H groups in total. The Morgan fingerprint density at radius 2 is 1.71 bits per heavy atom. The molecule has 1 fully saturated rings. The summed E-state index contributed by atoms with van der Waals surface area (Å²) in [4.78, 5) is 58.1. The fourth-order valence-corrected chi connectivity index (χ4v) is 6.81. The summed E-state index contributed by atoms with van der Waals surface area (Å²) in [5, 5.41) is 67.6. The van der Waals surface area contributed by atoms with E-state index >= 15 is 0 Å². The molecule has 2 aliphatic carbocycles. The van der Waals surface area contributed by atoms with Crippen LogP contribution in [-0.4, -0.2) is 104 Å². The number of phenols is 3. The van der Waals surface area contributed by atoms with Crippen LogP contribution < -0.4 is 20.4 Å². The number of carbonyl (C=O) groups excluding carboxylic acids is 4. The maximum atomic E-state index is 13.9. The van der Waals surface area contributed by atoms with E-state index < -0.39 is 102 Å². The number of hydrogen-bond donors (Lipinski definition) is 8. The predicted molar refractivity (Wildman–Crippen MR) is 172 cm³/mol. The second kappa shape index (κ2) is 13.9. The highest BCUT2D eigenvalue weighted by Crippen LogP contribution is 2.52. The summed E-state index contributed by atoms with van der Waals surface area (Å²) in [6, 6.07) is 9.10. The molecule has 0 saturated carbocycles. The normalized spacial score (nSPS) is 25.3. The lowest BCUT2D eigenvalue weighted by Crippen LogP contribution is -2.56. The molecule has 0 aromatic heterocycles. The van der Waals surface area contributed by atoms with Gasteiger partial charge in [0.05, 0.1) is 48.7 Å². The van der Waals surface area contributed by atoms with E-state index in [1.165, 1.54) is 56.5 Å². The molecule has 16 heteroatoms. The Balaban J connectivity index is 1.29. The molecule has 0 radical (unpaired) electrons. The molecule has 3 aromatic rings. The standard InChI is InChI=1S/C35H36N2O14/c1-15-30(42)20(36-13-24(41)37-51-17-8-6-16(39)7-9-17)10-25(49-15)50-22-12-35(47,23(40)14-38)11-19-27(22)34(46)29-28(32(19)44)31(43)18-4-3-5-21(48-2)26(18)33(29)45/h3-9,15,20,22,25,30,36,38-39,42,44,46-47H,10-14H2,1-2H3,(H,37,41)/t15?,20?,22-,25?,30?,35-/m0/s1. The molecule has 0 bridgehead atoms. The molecule has 270 valence electrons. The zero-order valence-electron chi connectivity index (χ0n) is 27.4. The van der Waals surface area contributed by atoms with Crippen LogP contribution in [0.5, 0.6) is 28.7 Å². The van der Waals surface area contributed by atoms with Crippen molar-refractivity contribution in [2.45, 2.75) is 62.4 Å². The van der Waals surface area contributed by atoms with E-state index in [0.717, 1.165) is 0 Å². The molecular formula is C35H36N2O14. The van der Waals surface area contributed by atoms with Crippen LogP contribution in [0.1, 0.15) is 68.8 Å². The topological polar surface area (TPSA) is 251 Å². The number of aromatic hydroxyl groups is 3. The van der Waals surface area contributed by atoms with Crippen molar-refractivity contribution in [3.8, 4) is 28.7 Å². The number of amides is 1. The summed E-state index contributed by atoms with van der Waals surface area (Å²) < 4.78 is 17.4. The SMILES string of the molecule is COc1cccc2c1C(=O)c1c(O)c3c(c(O)c1C2=O)C[C@@](O)(C(=O)CO)C[C@@H]3OC1CC(NCC(=O)NOc2ccc(O)cc2)C(O)C(C)O1. The van der Waals surface area contributed by atoms with Crippen LogP contribution in [0.3, 0.4) is 0 Å². The molecule has 0 spiro atoms. The van der Waals surface area contributed by atoms with Crippen molar-refractivity contribution < 1.29 is 68.9 Å². The van der Waals surface area contributed by atoms with Gasteiger partial charge >= 0.3 is 0 Å². The second-order valence-corrected chi connectivity index (χ2v) is 12.6. The van der Waals surface area contributed by atoms with Crippen LogP contribution in [0.4, 0.5) is 0 Å². The van der Waals surface area contributed by atoms with E-state index in [1.54, 1.807) is 0 Å². The first kappa shape index (κ1) is 35.7. The van der Waals surface area contributed by atoms with Crippen LogP contribution in [0.2, 0.25) is 0 Å². The van der Waals surface area contributed by atoms with Crippen molar-refractivity contribution in [3.63, 3.8) is 0 Å². The number of methoxy groups -OCH3 is 1. The van der Waals surface area contributed by atoms with E-state index in [9.17, 15) is 49.8 Å². The first-order valence-corrected chi connectivity index (χ1v) is 16.0. The van der Waals surface area contributed by atoms with E-state index in [2.05, 4.69) is 10.8 Å². The maximum Gasteiger partial charge on any atom is 0.266 e. The average Bonchev–Trinajstić information content (AvgIpc) is 3.11. The molecule has 3 aliphatic rings. The summed E-state index contributed by atoms with van der Waals surface area (Å²) in [6.07, 6.45) is -5.97. The van der Waals surface area contributed by atoms with Gasteiger partial charge in [-0.05, 0) is 37.3 Å². The Morgan fingerprint density at radius 1 is 1.00 bits per heavy atom. The number of ether oxygens (including phenoxy) is 3. The summed E-state index contributed by atoms with van der Waals surface area (Å²) in [5.74, 6) is -4.40. The van der Waals surface area contributed by atoms with Crippen molar-refractivity contribution >= 4 is 23.3 Å². The third-order valence-electron chi connectivity index (χ3n) is 9.40. The van der Waals surface area contributed by atoms with E-state index in [4.69, 9.17) is 19.0 Å². The Labute approximate surface area is 290 Å². The Hall–Kier alpha value is -5.10. The molecule has 16 nitrogen and oxygen atoms in total. The number of Topliss-reactive ketones (excluding diaryl/α,β-unsaturated/α-hetero) is 1. The maximum absolute atomic E-state index is 13.9. The number of ketones is 3. The van der Waals surface area contributed by atoms with Gasteiger partial charge in [-0.25, -0.2) is 0 Å². The van der Waals surface area contributed by atoms with Crippen molar-refractivity contribution in [3.05, 3.63) is 75.8 Å². The van der Waals surface area contributed by atoms with Gasteiger partial charge < -0.3 is 55.0 Å². The lowest BCUT2D eigenvalue weighted by atomic mass is 9.72. The predicted octanol–water partition coefficient (Wildman–Crippen LogP) is 0.448. The molecule has 1 saturated heterocycles. The number of phenolic OH excluding ortho intramolecular Hbond substituents is 3. The van der Waals surface area contributed by atoms with Gasteiger partial charge in [0.2, 0.25) is 5.78 Å². The lowest BCUT2D eigenvalue weighted by Gasteiger charge is -2.43. The molecule has 6 rings (SSSR count). The van der Waals surface area contributed by atoms with Crippen LogP contribution in [-0.2, 0) is 25.5 Å². The molecule has 3 aromatic carbocycles. The van der Waals surface area contributed by atoms with Crippen molar-refractivity contribution in [1.29, 1.82) is 0 Å². The van der Waals surface area contributed by atoms with Crippen LogP contribution in [0, 0.1) is 0 Å². The number of aliphatic hydroxyl groups excluding tert-OH is 2. The monoisotopic (exact) mass is 708 g/mol. The summed E-state index contributed by atoms with van der Waals surface area (Å²) >= 11 is 0. The number of hydrogen-bond acceptors (Lipinski definition) is 15. The minimum absolute atomic E-state index is 0.0116. The molecule has 4 unspecified atom stereocenters. The Bertz CT molecular complexity index is 1900. The molecule has 1 heterocycles. The van der Waals surface area contributed by atoms with Gasteiger partial charge in [0.15, 0.2) is 23.6 Å². The van der Waals surface area contributed by atoms with Gasteiger partial charge in [-0.15, -0.1) is 0 Å². The number of benzene rings is 3. The zero-order valence-corrected chi connectivity index (χ0v) is 27.4. The fraction of sp³-hybridized carbons (Fsp3) is 0.371. The molecule has 51 heavy (non-hydrogen) atoms. The largest absolute Gasteiger partial charge is 0.508 e. The van der Waals surface area contributed by atoms with Gasteiger partial charge in [-0.2, -0.15) is 5.48 Å². The van der Waals surface area contributed by atoms with Gasteiger partial charge in [0.1, 0.15) is 35.2 Å². The van der Waals surface area contributed by atoms with Gasteiger partial charge in [0.25, 0.3) is 5.91 Å². The fourth-order valence-electron chi connectivity index (χ4n) is 6.81. The number of nitrogens with one attached hydrogen (secondary N) is 2. The van der Waals surface area contributed by atoms with Crippen LogP contribution >= 0.6 is 0 Å². The Morgan fingerprint density at radius 3 is 2.39 bits per heavy atom. The number of fused-ring (bicyclic) bond motifs is 3. The summed E-state index contributed by atoms with van der Waals surface area (Å²) in [7, 11) is 1.30. The number of aliphatic hydroxyl groups is 3. The quantitative estimate of drug-likeness (QED) is 0.0823. The zero-order chi connectivity index (χ0) is 36.8. The number of carbonyl (C=O) groups is 4. The van der Waals surface area contributed by atoms with Gasteiger partial charge in [-0.1, -0.05) is 12.1 Å². The van der Waals surface area contributed by atoms with Crippen molar-refractivity contribution in [2.24, 2.45) is 0 Å². The molecule has 1 amide bonds. The highest BCUT2D eigenvalue weighted by molar-refractivity contribution is 6.31. The number of rotatable bonds is 10. The van der Waals surface area contributed by atoms with Crippen LogP contribution in [0.15, 0.2) is 42.5 Å². The van der Waals surface area contributed by atoms with Crippen molar-refractivity contribution in [2.75, 3.05) is 20.3 Å². The van der Waals surface area contributed by atoms with E-state index in [1.807, 2.05) is 0 Å². The highest BCUT2D eigenvalue weighted by atomic mass is 16.7. The van der Waals surface area contributed by atoms with Gasteiger partial charge in [0, 0.05) is 42.0 Å². The van der Waals surface area contributed by atoms with E-state index in [0.29, 0.717) is 0 Å². The van der Waals surface area contributed by atoms with Crippen LogP contribution in [0.25, 0.3) is 0 Å². The molecular weight excluding hydrogens is 672 g/mol. The minimum atomic E-state index is -2.33. The van der Waals surface area contributed by atoms with E-state index in [-0.39, 0.29) is 52.5 Å². The third kappa shape index (κ3) is 6.48. The summed E-state index contributed by atoms with van der Waals surface area (Å²) in [5.41, 5.74) is -1.79. The molecule has 6 atom stereocenters. The lowest BCUT2D eigenvalue weighted by molar-refractivity contribution is -0.249. The van der Waals surface area contributed by atoms with Crippen molar-refractivity contribution in [1.82, 2.24) is 10.8 Å². The Kier molecular flexibility index (Phi) is 9.73. The van der Waals surface area contributed by atoms with Gasteiger partial charge in [-0.3, -0.25) is 19.2 Å². The summed E-state index contributed by atoms with van der Waals surface area (Å²) in [6.45, 7) is 0.144. The second-order valence-electron chi connectivity index (χ2n) is 12.6.